The Morgan fingerprint density at radius 2 is 1.94 bits per heavy atom. The van der Waals surface area contributed by atoms with Crippen molar-refractivity contribution in [1.29, 1.82) is 0 Å². The van der Waals surface area contributed by atoms with Gasteiger partial charge in [-0.2, -0.15) is 0 Å². The Kier molecular flexibility index (Phi) is 4.22. The highest BCUT2D eigenvalue weighted by atomic mass is 16.5. The molecular formula is C13H25NO2. The van der Waals surface area contributed by atoms with E-state index in [2.05, 4.69) is 19.2 Å². The summed E-state index contributed by atoms with van der Waals surface area (Å²) < 4.78 is 10.6. The summed E-state index contributed by atoms with van der Waals surface area (Å²) in [7, 11) is 0. The molecular weight excluding hydrogens is 202 g/mol. The highest BCUT2D eigenvalue weighted by molar-refractivity contribution is 4.84. The first-order valence-corrected chi connectivity index (χ1v) is 6.57. The van der Waals surface area contributed by atoms with E-state index in [0.29, 0.717) is 11.5 Å². The average molecular weight is 227 g/mol. The molecule has 0 aromatic carbocycles. The maximum atomic E-state index is 5.39. The van der Waals surface area contributed by atoms with E-state index < -0.39 is 0 Å². The van der Waals surface area contributed by atoms with Crippen molar-refractivity contribution in [3.8, 4) is 0 Å². The van der Waals surface area contributed by atoms with Gasteiger partial charge in [-0.05, 0) is 32.1 Å². The standard InChI is InChI=1S/C13H25NO2/c1-11(7-12-3-5-15-6-4-12)14-8-13(2)9-16-10-13/h11-12,14H,3-10H2,1-2H3. The third kappa shape index (κ3) is 3.44. The Hall–Kier alpha value is -0.120. The number of hydrogen-bond donors (Lipinski definition) is 1. The molecule has 2 saturated heterocycles. The van der Waals surface area contributed by atoms with Gasteiger partial charge in [0.2, 0.25) is 0 Å². The smallest absolute Gasteiger partial charge is 0.0554 e. The molecule has 0 radical (unpaired) electrons. The molecule has 0 spiro atoms. The van der Waals surface area contributed by atoms with Gasteiger partial charge in [-0.25, -0.2) is 0 Å². The Morgan fingerprint density at radius 3 is 2.50 bits per heavy atom. The van der Waals surface area contributed by atoms with E-state index in [1.54, 1.807) is 0 Å². The van der Waals surface area contributed by atoms with Crippen LogP contribution in [-0.2, 0) is 9.47 Å². The second-order valence-electron chi connectivity index (χ2n) is 5.88. The highest BCUT2D eigenvalue weighted by Crippen LogP contribution is 2.26. The van der Waals surface area contributed by atoms with Crippen LogP contribution in [0.2, 0.25) is 0 Å². The van der Waals surface area contributed by atoms with E-state index in [0.717, 1.165) is 38.9 Å². The van der Waals surface area contributed by atoms with Crippen LogP contribution in [0, 0.1) is 11.3 Å². The third-order valence-corrected chi connectivity index (χ3v) is 3.81. The van der Waals surface area contributed by atoms with Gasteiger partial charge in [0.05, 0.1) is 13.2 Å². The molecule has 0 saturated carbocycles. The fourth-order valence-electron chi connectivity index (χ4n) is 2.54. The topological polar surface area (TPSA) is 30.5 Å². The van der Waals surface area contributed by atoms with Crippen molar-refractivity contribution in [3.63, 3.8) is 0 Å². The van der Waals surface area contributed by atoms with Crippen LogP contribution in [0.15, 0.2) is 0 Å². The molecule has 0 amide bonds. The summed E-state index contributed by atoms with van der Waals surface area (Å²) in [6.45, 7) is 9.46. The lowest BCUT2D eigenvalue weighted by Gasteiger charge is -2.39. The van der Waals surface area contributed by atoms with Gasteiger partial charge in [-0.1, -0.05) is 6.92 Å². The summed E-state index contributed by atoms with van der Waals surface area (Å²) in [4.78, 5) is 0. The summed E-state index contributed by atoms with van der Waals surface area (Å²) in [5.41, 5.74) is 0.393. The summed E-state index contributed by atoms with van der Waals surface area (Å²) >= 11 is 0. The predicted octanol–water partition coefficient (Wildman–Crippen LogP) is 1.82. The van der Waals surface area contributed by atoms with Gasteiger partial charge < -0.3 is 14.8 Å². The molecule has 2 aliphatic heterocycles. The fraction of sp³-hybridized carbons (Fsp3) is 1.00. The molecule has 2 rings (SSSR count). The van der Waals surface area contributed by atoms with Gasteiger partial charge in [0, 0.05) is 31.2 Å². The first kappa shape index (κ1) is 12.3. The van der Waals surface area contributed by atoms with E-state index in [1.807, 2.05) is 0 Å². The van der Waals surface area contributed by atoms with Crippen LogP contribution in [-0.4, -0.2) is 39.0 Å². The zero-order chi connectivity index (χ0) is 11.4. The Balaban J connectivity index is 1.61. The third-order valence-electron chi connectivity index (χ3n) is 3.81. The van der Waals surface area contributed by atoms with Gasteiger partial charge in [0.15, 0.2) is 0 Å². The zero-order valence-electron chi connectivity index (χ0n) is 10.6. The van der Waals surface area contributed by atoms with Crippen molar-refractivity contribution in [1.82, 2.24) is 5.32 Å². The second-order valence-corrected chi connectivity index (χ2v) is 5.88. The van der Waals surface area contributed by atoms with Crippen molar-refractivity contribution in [2.75, 3.05) is 33.0 Å². The van der Waals surface area contributed by atoms with Gasteiger partial charge >= 0.3 is 0 Å². The van der Waals surface area contributed by atoms with Crippen molar-refractivity contribution < 1.29 is 9.47 Å². The van der Waals surface area contributed by atoms with Gasteiger partial charge in [-0.3, -0.25) is 0 Å². The van der Waals surface area contributed by atoms with E-state index in [1.165, 1.54) is 19.3 Å². The molecule has 94 valence electrons. The largest absolute Gasteiger partial charge is 0.381 e. The molecule has 2 fully saturated rings. The molecule has 0 aromatic heterocycles. The van der Waals surface area contributed by atoms with Crippen molar-refractivity contribution in [3.05, 3.63) is 0 Å². The molecule has 1 atom stereocenters. The summed E-state index contributed by atoms with van der Waals surface area (Å²) in [6.07, 6.45) is 3.78. The first-order valence-electron chi connectivity index (χ1n) is 6.57. The predicted molar refractivity (Wildman–Crippen MR) is 64.6 cm³/mol. The lowest BCUT2D eigenvalue weighted by molar-refractivity contribution is -0.100. The fourth-order valence-corrected chi connectivity index (χ4v) is 2.54. The van der Waals surface area contributed by atoms with Crippen LogP contribution in [0.5, 0.6) is 0 Å². The van der Waals surface area contributed by atoms with Crippen molar-refractivity contribution in [2.24, 2.45) is 11.3 Å². The molecule has 2 heterocycles. The monoisotopic (exact) mass is 227 g/mol. The van der Waals surface area contributed by atoms with E-state index >= 15 is 0 Å². The number of nitrogens with one attached hydrogen (secondary N) is 1. The number of rotatable bonds is 5. The summed E-state index contributed by atoms with van der Waals surface area (Å²) in [5, 5.41) is 3.65. The molecule has 16 heavy (non-hydrogen) atoms. The van der Waals surface area contributed by atoms with Crippen LogP contribution in [0.25, 0.3) is 0 Å². The van der Waals surface area contributed by atoms with Crippen LogP contribution in [0.3, 0.4) is 0 Å². The molecule has 0 bridgehead atoms. The second kappa shape index (κ2) is 5.48. The lowest BCUT2D eigenvalue weighted by Crippen LogP contribution is -2.49. The summed E-state index contributed by atoms with van der Waals surface area (Å²) in [6, 6.07) is 0.625. The highest BCUT2D eigenvalue weighted by Gasteiger charge is 2.33. The Bertz CT molecular complexity index is 210. The Morgan fingerprint density at radius 1 is 1.25 bits per heavy atom. The molecule has 0 aliphatic carbocycles. The molecule has 3 heteroatoms. The van der Waals surface area contributed by atoms with Gasteiger partial charge in [0.1, 0.15) is 0 Å². The van der Waals surface area contributed by atoms with Crippen molar-refractivity contribution >= 4 is 0 Å². The van der Waals surface area contributed by atoms with Gasteiger partial charge in [0.25, 0.3) is 0 Å². The molecule has 0 aromatic rings. The summed E-state index contributed by atoms with van der Waals surface area (Å²) in [5.74, 6) is 0.863. The van der Waals surface area contributed by atoms with E-state index in [9.17, 15) is 0 Å². The van der Waals surface area contributed by atoms with E-state index in [-0.39, 0.29) is 0 Å². The zero-order valence-corrected chi connectivity index (χ0v) is 10.6. The van der Waals surface area contributed by atoms with Crippen LogP contribution in [0.1, 0.15) is 33.1 Å². The maximum absolute atomic E-state index is 5.39. The number of hydrogen-bond acceptors (Lipinski definition) is 3. The minimum Gasteiger partial charge on any atom is -0.381 e. The average Bonchev–Trinajstić information content (AvgIpc) is 2.25. The van der Waals surface area contributed by atoms with Crippen LogP contribution < -0.4 is 5.32 Å². The number of ether oxygens (including phenoxy) is 2. The SMILES string of the molecule is CC(CC1CCOCC1)NCC1(C)COC1. The van der Waals surface area contributed by atoms with Crippen LogP contribution in [0.4, 0.5) is 0 Å². The van der Waals surface area contributed by atoms with Crippen molar-refractivity contribution in [2.45, 2.75) is 39.2 Å². The quantitative estimate of drug-likeness (QED) is 0.777. The minimum atomic E-state index is 0.393. The Labute approximate surface area is 98.9 Å². The maximum Gasteiger partial charge on any atom is 0.0554 e. The first-order chi connectivity index (χ1) is 7.68. The minimum absolute atomic E-state index is 0.393. The lowest BCUT2D eigenvalue weighted by atomic mass is 9.87. The normalized spacial score (nSPS) is 27.4. The molecule has 1 unspecified atom stereocenters. The van der Waals surface area contributed by atoms with E-state index in [4.69, 9.17) is 9.47 Å². The molecule has 3 nitrogen and oxygen atoms in total. The van der Waals surface area contributed by atoms with Crippen LogP contribution >= 0.6 is 0 Å². The van der Waals surface area contributed by atoms with Gasteiger partial charge in [-0.15, -0.1) is 0 Å². The molecule has 1 N–H and O–H groups in total. The molecule has 2 aliphatic rings.